The van der Waals surface area contributed by atoms with Crippen molar-refractivity contribution >= 4 is 17.1 Å². The average molecular weight is 352 g/mol. The van der Waals surface area contributed by atoms with E-state index in [9.17, 15) is 0 Å². The van der Waals surface area contributed by atoms with Crippen molar-refractivity contribution in [3.8, 4) is 0 Å². The maximum absolute atomic E-state index is 3.53. The summed E-state index contributed by atoms with van der Waals surface area (Å²) in [5, 5.41) is 3.53. The number of allylic oxidation sites excluding steroid dienone is 4. The predicted octanol–water partition coefficient (Wildman–Crippen LogP) is 6.67. The maximum Gasteiger partial charge on any atom is 0.0494 e. The highest BCUT2D eigenvalue weighted by Gasteiger charge is 2.24. The molecule has 0 radical (unpaired) electrons. The minimum Gasteiger partial charge on any atom is -0.359 e. The van der Waals surface area contributed by atoms with E-state index in [2.05, 4.69) is 108 Å². The molecule has 3 aromatic carbocycles. The van der Waals surface area contributed by atoms with Gasteiger partial charge in [-0.1, -0.05) is 61.5 Å². The largest absolute Gasteiger partial charge is 0.359 e. The molecule has 2 heteroatoms. The van der Waals surface area contributed by atoms with Crippen molar-refractivity contribution in [2.45, 2.75) is 19.8 Å². The van der Waals surface area contributed by atoms with Gasteiger partial charge >= 0.3 is 0 Å². The third kappa shape index (κ3) is 3.80. The number of nitrogens with one attached hydrogen (secondary N) is 1. The molecule has 0 saturated carbocycles. The van der Waals surface area contributed by atoms with Crippen LogP contribution in [0.4, 0.5) is 17.1 Å². The number of nitrogens with zero attached hydrogens (tertiary/aromatic N) is 1. The Bertz CT molecular complexity index is 956. The summed E-state index contributed by atoms with van der Waals surface area (Å²) in [5.41, 5.74) is 7.48. The van der Waals surface area contributed by atoms with Crippen molar-refractivity contribution < 1.29 is 0 Å². The average Bonchev–Trinajstić information content (AvgIpc) is 3.11. The Labute approximate surface area is 161 Å². The fraction of sp³-hybridized carbons (Fsp3) is 0.120. The Hall–Kier alpha value is -3.26. The molecule has 0 atom stereocenters. The van der Waals surface area contributed by atoms with E-state index in [1.165, 1.54) is 28.3 Å². The molecule has 134 valence electrons. The number of benzene rings is 3. The number of hydrogen-bond donors (Lipinski definition) is 1. The molecule has 1 N–H and O–H groups in total. The van der Waals surface area contributed by atoms with E-state index >= 15 is 0 Å². The molecule has 0 bridgehead atoms. The summed E-state index contributed by atoms with van der Waals surface area (Å²) in [5.74, 6) is 0. The van der Waals surface area contributed by atoms with E-state index in [1.807, 2.05) is 6.07 Å². The zero-order chi connectivity index (χ0) is 18.5. The van der Waals surface area contributed by atoms with Gasteiger partial charge in [0.25, 0.3) is 0 Å². The van der Waals surface area contributed by atoms with Crippen LogP contribution in [0.5, 0.6) is 0 Å². The topological polar surface area (TPSA) is 15.3 Å². The van der Waals surface area contributed by atoms with Gasteiger partial charge in [-0.25, -0.2) is 0 Å². The molecule has 0 aliphatic carbocycles. The number of anilines is 3. The van der Waals surface area contributed by atoms with Crippen LogP contribution in [0.1, 0.15) is 18.9 Å². The van der Waals surface area contributed by atoms with E-state index in [1.54, 1.807) is 0 Å². The van der Waals surface area contributed by atoms with Crippen LogP contribution >= 0.6 is 0 Å². The fourth-order valence-corrected chi connectivity index (χ4v) is 3.47. The lowest BCUT2D eigenvalue weighted by Gasteiger charge is -2.21. The van der Waals surface area contributed by atoms with Crippen LogP contribution in [-0.2, 0) is 6.42 Å². The van der Waals surface area contributed by atoms with E-state index in [0.717, 1.165) is 18.5 Å². The van der Waals surface area contributed by atoms with Gasteiger partial charge in [-0.2, -0.15) is 0 Å². The van der Waals surface area contributed by atoms with E-state index in [0.29, 0.717) is 0 Å². The third-order valence-corrected chi connectivity index (χ3v) is 4.84. The van der Waals surface area contributed by atoms with Gasteiger partial charge in [0.2, 0.25) is 0 Å². The Morgan fingerprint density at radius 2 is 1.56 bits per heavy atom. The summed E-state index contributed by atoms with van der Waals surface area (Å²) in [6.45, 7) is 2.18. The third-order valence-electron chi connectivity index (χ3n) is 4.84. The first-order chi connectivity index (χ1) is 13.3. The summed E-state index contributed by atoms with van der Waals surface area (Å²) in [6, 6.07) is 29.6. The van der Waals surface area contributed by atoms with Gasteiger partial charge in [0, 0.05) is 34.9 Å². The van der Waals surface area contributed by atoms with Crippen LogP contribution in [0.3, 0.4) is 0 Å². The number of rotatable bonds is 5. The van der Waals surface area contributed by atoms with Crippen LogP contribution in [0.15, 0.2) is 108 Å². The molecule has 27 heavy (non-hydrogen) atoms. The molecule has 4 rings (SSSR count). The van der Waals surface area contributed by atoms with Crippen LogP contribution in [-0.4, -0.2) is 0 Å². The first-order valence-electron chi connectivity index (χ1n) is 9.50. The molecule has 0 aromatic heterocycles. The zero-order valence-electron chi connectivity index (χ0n) is 15.6. The van der Waals surface area contributed by atoms with Crippen LogP contribution in [0.2, 0.25) is 0 Å². The van der Waals surface area contributed by atoms with Crippen molar-refractivity contribution in [3.05, 3.63) is 114 Å². The van der Waals surface area contributed by atoms with Gasteiger partial charge in [0.15, 0.2) is 0 Å². The molecule has 0 amide bonds. The van der Waals surface area contributed by atoms with E-state index < -0.39 is 0 Å². The lowest BCUT2D eigenvalue weighted by molar-refractivity contribution is 1.10. The molecule has 3 aromatic rings. The normalized spacial score (nSPS) is 15.1. The van der Waals surface area contributed by atoms with Gasteiger partial charge in [0.05, 0.1) is 0 Å². The van der Waals surface area contributed by atoms with E-state index in [4.69, 9.17) is 0 Å². The Morgan fingerprint density at radius 1 is 0.889 bits per heavy atom. The molecule has 0 unspecified atom stereocenters. The molecule has 0 saturated heterocycles. The second-order valence-corrected chi connectivity index (χ2v) is 6.67. The summed E-state index contributed by atoms with van der Waals surface area (Å²) >= 11 is 0. The highest BCUT2D eigenvalue weighted by Crippen LogP contribution is 2.40. The van der Waals surface area contributed by atoms with Gasteiger partial charge in [-0.15, -0.1) is 0 Å². The van der Waals surface area contributed by atoms with Crippen molar-refractivity contribution in [1.82, 2.24) is 0 Å². The second kappa shape index (κ2) is 7.96. The monoisotopic (exact) mass is 352 g/mol. The molecular weight excluding hydrogens is 328 g/mol. The SMILES string of the molecule is CC/C(=C\C=C1/Cc2ccccc2N1c1ccccc1)Nc1ccccc1. The molecule has 1 aliphatic heterocycles. The van der Waals surface area contributed by atoms with Crippen molar-refractivity contribution in [2.75, 3.05) is 10.2 Å². The Kier molecular flexibility index (Phi) is 5.06. The summed E-state index contributed by atoms with van der Waals surface area (Å²) in [4.78, 5) is 2.36. The molecule has 0 spiro atoms. The van der Waals surface area contributed by atoms with Crippen LogP contribution in [0.25, 0.3) is 0 Å². The van der Waals surface area contributed by atoms with Gasteiger partial charge in [-0.3, -0.25) is 0 Å². The predicted molar refractivity (Wildman–Crippen MR) is 115 cm³/mol. The standard InChI is InChI=1S/C25H24N2/c1-2-21(26-22-12-5-3-6-13-22)17-18-24-19-20-11-9-10-16-25(20)27(24)23-14-7-4-8-15-23/h3-18,26H,2,19H2,1H3/b21-17+,24-18+. The summed E-state index contributed by atoms with van der Waals surface area (Å²) in [6.07, 6.45) is 6.37. The highest BCUT2D eigenvalue weighted by atomic mass is 15.2. The van der Waals surface area contributed by atoms with E-state index in [-0.39, 0.29) is 0 Å². The maximum atomic E-state index is 3.53. The van der Waals surface area contributed by atoms with Crippen LogP contribution in [0, 0.1) is 0 Å². The second-order valence-electron chi connectivity index (χ2n) is 6.67. The molecule has 2 nitrogen and oxygen atoms in total. The lowest BCUT2D eigenvalue weighted by Crippen LogP contribution is -2.11. The lowest BCUT2D eigenvalue weighted by atomic mass is 10.1. The quantitative estimate of drug-likeness (QED) is 0.551. The minimum atomic E-state index is 0.948. The van der Waals surface area contributed by atoms with Crippen molar-refractivity contribution in [2.24, 2.45) is 0 Å². The Balaban J connectivity index is 1.66. The first kappa shape index (κ1) is 17.2. The number of fused-ring (bicyclic) bond motifs is 1. The Morgan fingerprint density at radius 3 is 2.30 bits per heavy atom. The van der Waals surface area contributed by atoms with Gasteiger partial charge in [0.1, 0.15) is 0 Å². The summed E-state index contributed by atoms with van der Waals surface area (Å²) < 4.78 is 0. The van der Waals surface area contributed by atoms with Gasteiger partial charge < -0.3 is 10.2 Å². The fourth-order valence-electron chi connectivity index (χ4n) is 3.47. The number of hydrogen-bond acceptors (Lipinski definition) is 2. The minimum absolute atomic E-state index is 0.948. The van der Waals surface area contributed by atoms with Gasteiger partial charge in [-0.05, 0) is 54.5 Å². The summed E-state index contributed by atoms with van der Waals surface area (Å²) in [7, 11) is 0. The van der Waals surface area contributed by atoms with Crippen LogP contribution < -0.4 is 10.2 Å². The highest BCUT2D eigenvalue weighted by molar-refractivity contribution is 5.76. The molecule has 0 fully saturated rings. The zero-order valence-corrected chi connectivity index (χ0v) is 15.6. The molecule has 1 heterocycles. The van der Waals surface area contributed by atoms with Crippen molar-refractivity contribution in [1.29, 1.82) is 0 Å². The molecular formula is C25H24N2. The molecule has 1 aliphatic rings. The first-order valence-corrected chi connectivity index (χ1v) is 9.50. The smallest absolute Gasteiger partial charge is 0.0494 e. The number of para-hydroxylation sites is 3. The van der Waals surface area contributed by atoms with Crippen molar-refractivity contribution in [3.63, 3.8) is 0 Å².